The van der Waals surface area contributed by atoms with Crippen molar-refractivity contribution in [3.8, 4) is 0 Å². The van der Waals surface area contributed by atoms with Crippen molar-refractivity contribution in [1.82, 2.24) is 4.90 Å². The number of hydrogen-bond acceptors (Lipinski definition) is 4. The van der Waals surface area contributed by atoms with E-state index in [0.29, 0.717) is 12.6 Å². The van der Waals surface area contributed by atoms with Gasteiger partial charge in [0.1, 0.15) is 0 Å². The van der Waals surface area contributed by atoms with Gasteiger partial charge in [0.2, 0.25) is 0 Å². The van der Waals surface area contributed by atoms with Crippen molar-refractivity contribution in [3.05, 3.63) is 20.8 Å². The van der Waals surface area contributed by atoms with Gasteiger partial charge in [0.25, 0.3) is 0 Å². The minimum Gasteiger partial charge on any atom is -0.381 e. The molecule has 17 heavy (non-hydrogen) atoms. The van der Waals surface area contributed by atoms with Gasteiger partial charge >= 0.3 is 0 Å². The second kappa shape index (κ2) is 6.09. The number of hydrogen-bond donors (Lipinski definition) is 0. The fourth-order valence-corrected chi connectivity index (χ4v) is 3.36. The number of ether oxygens (including phenoxy) is 1. The molecule has 1 aromatic heterocycles. The number of nitrogens with zero attached hydrogens (tertiary/aromatic N) is 1. The standard InChI is InChI=1S/C12H16BrNO2S/c1-16-9-4-6-14(7-5-9)8-10(15)11-2-3-12(13)17-11/h2-3,9H,4-8H2,1H3. The van der Waals surface area contributed by atoms with Gasteiger partial charge in [0, 0.05) is 20.2 Å². The predicted octanol–water partition coefficient (Wildman–Crippen LogP) is 2.80. The van der Waals surface area contributed by atoms with E-state index < -0.39 is 0 Å². The summed E-state index contributed by atoms with van der Waals surface area (Å²) < 4.78 is 6.33. The molecule has 1 fully saturated rings. The van der Waals surface area contributed by atoms with Crippen LogP contribution in [0.5, 0.6) is 0 Å². The van der Waals surface area contributed by atoms with Crippen LogP contribution in [0.25, 0.3) is 0 Å². The van der Waals surface area contributed by atoms with Crippen LogP contribution in [0.3, 0.4) is 0 Å². The molecule has 0 unspecified atom stereocenters. The number of Topliss-reactive ketones (excluding diaryl/α,β-unsaturated/α-hetero) is 1. The number of thiophene rings is 1. The van der Waals surface area contributed by atoms with Crippen LogP contribution in [0, 0.1) is 0 Å². The van der Waals surface area contributed by atoms with Crippen LogP contribution in [-0.4, -0.2) is 43.5 Å². The minimum absolute atomic E-state index is 0.219. The third-order valence-corrected chi connectivity index (χ3v) is 4.75. The van der Waals surface area contributed by atoms with Crippen molar-refractivity contribution in [2.24, 2.45) is 0 Å². The lowest BCUT2D eigenvalue weighted by atomic mass is 10.1. The van der Waals surface area contributed by atoms with Gasteiger partial charge in [-0.2, -0.15) is 0 Å². The monoisotopic (exact) mass is 317 g/mol. The summed E-state index contributed by atoms with van der Waals surface area (Å²) in [5.74, 6) is 0.219. The smallest absolute Gasteiger partial charge is 0.186 e. The number of ketones is 1. The van der Waals surface area contributed by atoms with Gasteiger partial charge in [-0.1, -0.05) is 0 Å². The lowest BCUT2D eigenvalue weighted by molar-refractivity contribution is 0.0402. The summed E-state index contributed by atoms with van der Waals surface area (Å²) in [7, 11) is 1.76. The molecule has 0 aromatic carbocycles. The largest absolute Gasteiger partial charge is 0.381 e. The van der Waals surface area contributed by atoms with Crippen molar-refractivity contribution in [2.45, 2.75) is 18.9 Å². The number of halogens is 1. The van der Waals surface area contributed by atoms with E-state index in [1.165, 1.54) is 11.3 Å². The quantitative estimate of drug-likeness (QED) is 0.800. The molecule has 1 aliphatic heterocycles. The number of methoxy groups -OCH3 is 1. The normalized spacial score (nSPS) is 18.5. The summed E-state index contributed by atoms with van der Waals surface area (Å²) in [5, 5.41) is 0. The molecule has 0 saturated carbocycles. The van der Waals surface area contributed by atoms with Crippen LogP contribution in [0.2, 0.25) is 0 Å². The number of rotatable bonds is 4. The maximum absolute atomic E-state index is 12.0. The Morgan fingerprint density at radius 1 is 1.53 bits per heavy atom. The van der Waals surface area contributed by atoms with Crippen molar-refractivity contribution in [3.63, 3.8) is 0 Å². The lowest BCUT2D eigenvalue weighted by Gasteiger charge is -2.30. The van der Waals surface area contributed by atoms with Gasteiger partial charge < -0.3 is 4.74 Å². The molecule has 5 heteroatoms. The fraction of sp³-hybridized carbons (Fsp3) is 0.583. The highest BCUT2D eigenvalue weighted by Crippen LogP contribution is 2.23. The summed E-state index contributed by atoms with van der Waals surface area (Å²) in [6.45, 7) is 2.44. The van der Waals surface area contributed by atoms with E-state index in [2.05, 4.69) is 20.8 Å². The molecule has 0 radical (unpaired) electrons. The van der Waals surface area contributed by atoms with Crippen molar-refractivity contribution in [1.29, 1.82) is 0 Å². The highest BCUT2D eigenvalue weighted by Gasteiger charge is 2.21. The van der Waals surface area contributed by atoms with Gasteiger partial charge in [-0.05, 0) is 40.9 Å². The Morgan fingerprint density at radius 2 is 2.24 bits per heavy atom. The molecule has 0 atom stereocenters. The molecular weight excluding hydrogens is 302 g/mol. The zero-order valence-corrected chi connectivity index (χ0v) is 12.2. The average molecular weight is 318 g/mol. The van der Waals surface area contributed by atoms with Gasteiger partial charge in [-0.25, -0.2) is 0 Å². The van der Waals surface area contributed by atoms with E-state index in [9.17, 15) is 4.79 Å². The van der Waals surface area contributed by atoms with E-state index in [-0.39, 0.29) is 5.78 Å². The maximum Gasteiger partial charge on any atom is 0.186 e. The Labute approximate surface area is 114 Å². The Balaban J connectivity index is 1.84. The molecule has 0 amide bonds. The van der Waals surface area contributed by atoms with Crippen LogP contribution in [0.4, 0.5) is 0 Å². The van der Waals surface area contributed by atoms with E-state index in [1.54, 1.807) is 7.11 Å². The predicted molar refractivity (Wildman–Crippen MR) is 72.8 cm³/mol. The number of likely N-dealkylation sites (tertiary alicyclic amines) is 1. The second-order valence-corrected chi connectivity index (χ2v) is 6.70. The highest BCUT2D eigenvalue weighted by atomic mass is 79.9. The lowest BCUT2D eigenvalue weighted by Crippen LogP contribution is -2.39. The molecule has 0 bridgehead atoms. The highest BCUT2D eigenvalue weighted by molar-refractivity contribution is 9.11. The molecule has 0 aliphatic carbocycles. The number of piperidine rings is 1. The van der Waals surface area contributed by atoms with Crippen LogP contribution in [-0.2, 0) is 4.74 Å². The minimum atomic E-state index is 0.219. The first-order valence-corrected chi connectivity index (χ1v) is 7.33. The van der Waals surface area contributed by atoms with Crippen LogP contribution in [0.15, 0.2) is 15.9 Å². The Morgan fingerprint density at radius 3 is 2.76 bits per heavy atom. The number of carbonyl (C=O) groups excluding carboxylic acids is 1. The van der Waals surface area contributed by atoms with Crippen LogP contribution >= 0.6 is 27.3 Å². The van der Waals surface area contributed by atoms with E-state index in [0.717, 1.165) is 34.6 Å². The molecule has 3 nitrogen and oxygen atoms in total. The van der Waals surface area contributed by atoms with E-state index in [1.807, 2.05) is 12.1 Å². The molecule has 94 valence electrons. The molecule has 0 spiro atoms. The maximum atomic E-state index is 12.0. The van der Waals surface area contributed by atoms with Gasteiger partial charge in [0.05, 0.1) is 21.3 Å². The van der Waals surface area contributed by atoms with Crippen LogP contribution in [0.1, 0.15) is 22.5 Å². The van der Waals surface area contributed by atoms with Gasteiger partial charge in [-0.15, -0.1) is 11.3 Å². The fourth-order valence-electron chi connectivity index (χ4n) is 2.05. The first-order chi connectivity index (χ1) is 8.19. The third kappa shape index (κ3) is 3.61. The van der Waals surface area contributed by atoms with E-state index >= 15 is 0 Å². The summed E-state index contributed by atoms with van der Waals surface area (Å²) in [6.07, 6.45) is 2.42. The molecular formula is C12H16BrNO2S. The zero-order valence-electron chi connectivity index (χ0n) is 9.82. The Kier molecular flexibility index (Phi) is 4.73. The molecule has 1 aromatic rings. The summed E-state index contributed by atoms with van der Waals surface area (Å²) >= 11 is 4.88. The van der Waals surface area contributed by atoms with Gasteiger partial charge in [0.15, 0.2) is 5.78 Å². The SMILES string of the molecule is COC1CCN(CC(=O)c2ccc(Br)s2)CC1. The van der Waals surface area contributed by atoms with E-state index in [4.69, 9.17) is 4.74 Å². The second-order valence-electron chi connectivity index (χ2n) is 4.24. The topological polar surface area (TPSA) is 29.5 Å². The summed E-state index contributed by atoms with van der Waals surface area (Å²) in [5.41, 5.74) is 0. The van der Waals surface area contributed by atoms with Gasteiger partial charge in [-0.3, -0.25) is 9.69 Å². The Bertz CT molecular complexity index is 386. The summed E-state index contributed by atoms with van der Waals surface area (Å²) in [4.78, 5) is 15.0. The molecule has 2 heterocycles. The third-order valence-electron chi connectivity index (χ3n) is 3.08. The first kappa shape index (κ1) is 13.2. The Hall–Kier alpha value is -0.230. The zero-order chi connectivity index (χ0) is 12.3. The van der Waals surface area contributed by atoms with Crippen molar-refractivity contribution in [2.75, 3.05) is 26.7 Å². The van der Waals surface area contributed by atoms with Crippen molar-refractivity contribution >= 4 is 33.0 Å². The molecule has 2 rings (SSSR count). The molecule has 1 aliphatic rings. The first-order valence-electron chi connectivity index (χ1n) is 5.72. The summed E-state index contributed by atoms with van der Waals surface area (Å²) in [6, 6.07) is 3.81. The average Bonchev–Trinajstić information content (AvgIpc) is 2.77. The molecule has 1 saturated heterocycles. The van der Waals surface area contributed by atoms with Crippen LogP contribution < -0.4 is 0 Å². The van der Waals surface area contributed by atoms with Crippen molar-refractivity contribution < 1.29 is 9.53 Å². The number of carbonyl (C=O) groups is 1. The molecule has 0 N–H and O–H groups in total.